The molecule has 3 N–H and O–H groups in total. The van der Waals surface area contributed by atoms with Crippen LogP contribution in [0, 0.1) is 6.92 Å². The van der Waals surface area contributed by atoms with E-state index in [4.69, 9.17) is 22.1 Å². The van der Waals surface area contributed by atoms with Crippen molar-refractivity contribution in [2.24, 2.45) is 0 Å². The summed E-state index contributed by atoms with van der Waals surface area (Å²) in [5.74, 6) is -0.752. The first-order valence-corrected chi connectivity index (χ1v) is 9.64. The molecule has 1 amide bonds. The van der Waals surface area contributed by atoms with Crippen LogP contribution in [0.2, 0.25) is 5.02 Å². The van der Waals surface area contributed by atoms with E-state index in [0.29, 0.717) is 22.3 Å². The summed E-state index contributed by atoms with van der Waals surface area (Å²) < 4.78 is 4.89. The number of rotatable bonds is 7. The third-order valence-electron chi connectivity index (χ3n) is 3.64. The first kappa shape index (κ1) is 21.0. The number of hydrogen-bond donors (Lipinski definition) is 2. The van der Waals surface area contributed by atoms with Crippen molar-refractivity contribution < 1.29 is 14.3 Å². The number of anilines is 2. The Kier molecular flexibility index (Phi) is 7.44. The van der Waals surface area contributed by atoms with Crippen molar-refractivity contribution in [3.8, 4) is 0 Å². The van der Waals surface area contributed by atoms with E-state index in [-0.39, 0.29) is 23.9 Å². The maximum absolute atomic E-state index is 12.6. The zero-order valence-corrected chi connectivity index (χ0v) is 16.9. The van der Waals surface area contributed by atoms with Gasteiger partial charge in [-0.1, -0.05) is 36.4 Å². The molecule has 7 nitrogen and oxygen atoms in total. The largest absolute Gasteiger partial charge is 0.462 e. The fourth-order valence-corrected chi connectivity index (χ4v) is 3.18. The van der Waals surface area contributed by atoms with Gasteiger partial charge in [-0.3, -0.25) is 4.79 Å². The standard InChI is InChI=1S/C18H21ClN4O3S/c1-4-14(16(24)22-11-7-6-10(3)13(19)8-11)27-18-21-9-12(15(20)23-18)17(25)26-5-2/h6-9,14H,4-5H2,1-3H3,(H,22,24)(H2,20,21,23)/t14-/m1/s1. The Bertz CT molecular complexity index is 847. The lowest BCUT2D eigenvalue weighted by Gasteiger charge is -2.15. The van der Waals surface area contributed by atoms with E-state index in [1.54, 1.807) is 19.1 Å². The van der Waals surface area contributed by atoms with Crippen molar-refractivity contribution in [1.82, 2.24) is 9.97 Å². The topological polar surface area (TPSA) is 107 Å². The van der Waals surface area contributed by atoms with Crippen LogP contribution in [0.4, 0.5) is 11.5 Å². The fraction of sp³-hybridized carbons (Fsp3) is 0.333. The van der Waals surface area contributed by atoms with E-state index >= 15 is 0 Å². The molecule has 2 aromatic rings. The van der Waals surface area contributed by atoms with Crippen LogP contribution in [0.5, 0.6) is 0 Å². The SMILES string of the molecule is CCOC(=O)c1cnc(S[C@H](CC)C(=O)Nc2ccc(C)c(Cl)c2)nc1N. The van der Waals surface area contributed by atoms with E-state index in [1.807, 2.05) is 19.9 Å². The number of nitrogens with two attached hydrogens (primary N) is 1. The Balaban J connectivity index is 2.09. The number of nitrogen functional groups attached to an aromatic ring is 1. The van der Waals surface area contributed by atoms with Crippen LogP contribution in [0.3, 0.4) is 0 Å². The van der Waals surface area contributed by atoms with E-state index < -0.39 is 11.2 Å². The highest BCUT2D eigenvalue weighted by molar-refractivity contribution is 8.00. The minimum Gasteiger partial charge on any atom is -0.462 e. The number of ether oxygens (including phenoxy) is 1. The van der Waals surface area contributed by atoms with Gasteiger partial charge in [0, 0.05) is 16.9 Å². The molecular formula is C18H21ClN4O3S. The third kappa shape index (κ3) is 5.58. The molecule has 0 aliphatic carbocycles. The van der Waals surface area contributed by atoms with Gasteiger partial charge in [0.15, 0.2) is 5.16 Å². The molecule has 1 aromatic carbocycles. The molecule has 144 valence electrons. The molecule has 1 heterocycles. The summed E-state index contributed by atoms with van der Waals surface area (Å²) in [5.41, 5.74) is 7.47. The van der Waals surface area contributed by atoms with Gasteiger partial charge in [0.25, 0.3) is 0 Å². The van der Waals surface area contributed by atoms with E-state index in [0.717, 1.165) is 5.56 Å². The van der Waals surface area contributed by atoms with Crippen LogP contribution in [0.1, 0.15) is 36.2 Å². The Labute approximate surface area is 167 Å². The number of aryl methyl sites for hydroxylation is 1. The smallest absolute Gasteiger partial charge is 0.343 e. The molecule has 0 saturated heterocycles. The Morgan fingerprint density at radius 3 is 2.70 bits per heavy atom. The van der Waals surface area contributed by atoms with Gasteiger partial charge in [-0.25, -0.2) is 14.8 Å². The molecule has 0 radical (unpaired) electrons. The maximum Gasteiger partial charge on any atom is 0.343 e. The first-order valence-electron chi connectivity index (χ1n) is 8.39. The van der Waals surface area contributed by atoms with Crippen LogP contribution in [0.25, 0.3) is 0 Å². The molecule has 0 bridgehead atoms. The van der Waals surface area contributed by atoms with E-state index in [1.165, 1.54) is 18.0 Å². The molecule has 1 aromatic heterocycles. The van der Waals surface area contributed by atoms with Crippen LogP contribution in [-0.2, 0) is 9.53 Å². The zero-order valence-electron chi connectivity index (χ0n) is 15.3. The molecule has 1 atom stereocenters. The number of carbonyl (C=O) groups is 2. The van der Waals surface area contributed by atoms with Gasteiger partial charge in [-0.15, -0.1) is 0 Å². The summed E-state index contributed by atoms with van der Waals surface area (Å²) >= 11 is 7.26. The average molecular weight is 409 g/mol. The Hall–Kier alpha value is -2.32. The monoisotopic (exact) mass is 408 g/mol. The highest BCUT2D eigenvalue weighted by atomic mass is 35.5. The molecule has 0 spiro atoms. The summed E-state index contributed by atoms with van der Waals surface area (Å²) in [5, 5.41) is 3.30. The van der Waals surface area contributed by atoms with Crippen LogP contribution < -0.4 is 11.1 Å². The second-order valence-electron chi connectivity index (χ2n) is 5.64. The van der Waals surface area contributed by atoms with E-state index in [2.05, 4.69) is 15.3 Å². The molecule has 0 aliphatic heterocycles. The van der Waals surface area contributed by atoms with Crippen LogP contribution >= 0.6 is 23.4 Å². The van der Waals surface area contributed by atoms with E-state index in [9.17, 15) is 9.59 Å². The lowest BCUT2D eigenvalue weighted by Crippen LogP contribution is -2.25. The number of halogens is 1. The second-order valence-corrected chi connectivity index (χ2v) is 7.22. The number of thioether (sulfide) groups is 1. The van der Waals surface area contributed by atoms with Gasteiger partial charge in [0.05, 0.1) is 11.9 Å². The molecule has 27 heavy (non-hydrogen) atoms. The molecule has 0 aliphatic rings. The van der Waals surface area contributed by atoms with Gasteiger partial charge in [-0.05, 0) is 38.0 Å². The predicted octanol–water partition coefficient (Wildman–Crippen LogP) is 3.71. The maximum atomic E-state index is 12.6. The van der Waals surface area contributed by atoms with Crippen molar-refractivity contribution in [3.05, 3.63) is 40.5 Å². The van der Waals surface area contributed by atoms with Gasteiger partial charge in [0.1, 0.15) is 11.4 Å². The lowest BCUT2D eigenvalue weighted by atomic mass is 10.2. The summed E-state index contributed by atoms with van der Waals surface area (Å²) in [6, 6.07) is 5.33. The minimum atomic E-state index is -0.576. The van der Waals surface area contributed by atoms with Crippen LogP contribution in [-0.4, -0.2) is 33.7 Å². The molecule has 0 fully saturated rings. The molecule has 9 heteroatoms. The van der Waals surface area contributed by atoms with Gasteiger partial charge in [0.2, 0.25) is 5.91 Å². The summed E-state index contributed by atoms with van der Waals surface area (Å²) in [4.78, 5) is 32.5. The predicted molar refractivity (Wildman–Crippen MR) is 107 cm³/mol. The van der Waals surface area contributed by atoms with Crippen molar-refractivity contribution in [2.75, 3.05) is 17.7 Å². The minimum absolute atomic E-state index is 0.0199. The molecular weight excluding hydrogens is 388 g/mol. The molecule has 0 saturated carbocycles. The number of esters is 1. The summed E-state index contributed by atoms with van der Waals surface area (Å²) in [7, 11) is 0. The van der Waals surface area contributed by atoms with Gasteiger partial charge >= 0.3 is 5.97 Å². The second kappa shape index (κ2) is 9.57. The summed E-state index contributed by atoms with van der Waals surface area (Å²) in [6.07, 6.45) is 1.87. The number of amides is 1. The quantitative estimate of drug-likeness (QED) is 0.408. The summed E-state index contributed by atoms with van der Waals surface area (Å²) in [6.45, 7) is 5.71. The number of nitrogens with one attached hydrogen (secondary N) is 1. The number of carbonyl (C=O) groups excluding carboxylic acids is 2. The highest BCUT2D eigenvalue weighted by Crippen LogP contribution is 2.26. The van der Waals surface area contributed by atoms with Crippen LogP contribution in [0.15, 0.2) is 29.6 Å². The number of aromatic nitrogens is 2. The Morgan fingerprint density at radius 1 is 1.37 bits per heavy atom. The average Bonchev–Trinajstić information content (AvgIpc) is 2.63. The zero-order chi connectivity index (χ0) is 20.0. The van der Waals surface area contributed by atoms with Crippen molar-refractivity contribution in [3.63, 3.8) is 0 Å². The first-order chi connectivity index (χ1) is 12.8. The number of benzene rings is 1. The van der Waals surface area contributed by atoms with Crippen molar-refractivity contribution >= 4 is 46.7 Å². The lowest BCUT2D eigenvalue weighted by molar-refractivity contribution is -0.115. The Morgan fingerprint density at radius 2 is 2.11 bits per heavy atom. The van der Waals surface area contributed by atoms with Crippen molar-refractivity contribution in [2.45, 2.75) is 37.6 Å². The number of hydrogen-bond acceptors (Lipinski definition) is 7. The highest BCUT2D eigenvalue weighted by Gasteiger charge is 2.21. The third-order valence-corrected chi connectivity index (χ3v) is 5.29. The molecule has 2 rings (SSSR count). The normalized spacial score (nSPS) is 11.7. The van der Waals surface area contributed by atoms with Gasteiger partial charge < -0.3 is 15.8 Å². The van der Waals surface area contributed by atoms with Crippen molar-refractivity contribution in [1.29, 1.82) is 0 Å². The fourth-order valence-electron chi connectivity index (χ4n) is 2.14. The van der Waals surface area contributed by atoms with Gasteiger partial charge in [-0.2, -0.15) is 0 Å². The molecule has 0 unspecified atom stereocenters. The number of nitrogens with zero attached hydrogens (tertiary/aromatic N) is 2.